The quantitative estimate of drug-likeness (QED) is 0.882. The van der Waals surface area contributed by atoms with Crippen molar-refractivity contribution in [3.8, 4) is 5.75 Å². The molecule has 2 aliphatic rings. The molecule has 0 radical (unpaired) electrons. The molecule has 6 heteroatoms. The fourth-order valence-corrected chi connectivity index (χ4v) is 3.24. The molecule has 2 heterocycles. The van der Waals surface area contributed by atoms with Crippen molar-refractivity contribution in [3.63, 3.8) is 0 Å². The SMILES string of the molecule is CNC1CCN(C(=O)c2cccc(OCC3CCCO3)c2)CC1.Cl. The summed E-state index contributed by atoms with van der Waals surface area (Å²) >= 11 is 0. The Labute approximate surface area is 150 Å². The summed E-state index contributed by atoms with van der Waals surface area (Å²) < 4.78 is 11.4. The topological polar surface area (TPSA) is 50.8 Å². The largest absolute Gasteiger partial charge is 0.491 e. The second-order valence-corrected chi connectivity index (χ2v) is 6.33. The first-order chi connectivity index (χ1) is 11.3. The van der Waals surface area contributed by atoms with E-state index in [2.05, 4.69) is 5.32 Å². The van der Waals surface area contributed by atoms with E-state index in [4.69, 9.17) is 9.47 Å². The average Bonchev–Trinajstić information content (AvgIpc) is 3.13. The Bertz CT molecular complexity index is 527. The number of amides is 1. The summed E-state index contributed by atoms with van der Waals surface area (Å²) in [4.78, 5) is 14.6. The van der Waals surface area contributed by atoms with Crippen LogP contribution in [0.2, 0.25) is 0 Å². The van der Waals surface area contributed by atoms with E-state index in [0.29, 0.717) is 18.2 Å². The minimum atomic E-state index is 0. The molecule has 0 bridgehead atoms. The Morgan fingerprint density at radius 1 is 1.33 bits per heavy atom. The van der Waals surface area contributed by atoms with Gasteiger partial charge in [0.2, 0.25) is 0 Å². The molecule has 0 spiro atoms. The van der Waals surface area contributed by atoms with Crippen molar-refractivity contribution < 1.29 is 14.3 Å². The number of hydrogen-bond donors (Lipinski definition) is 1. The van der Waals surface area contributed by atoms with Gasteiger partial charge in [-0.1, -0.05) is 6.07 Å². The summed E-state index contributed by atoms with van der Waals surface area (Å²) in [6.45, 7) is 3.01. The highest BCUT2D eigenvalue weighted by Gasteiger charge is 2.23. The first kappa shape index (κ1) is 19.0. The van der Waals surface area contributed by atoms with Gasteiger partial charge in [-0.15, -0.1) is 12.4 Å². The second kappa shape index (κ2) is 9.25. The number of carbonyl (C=O) groups excluding carboxylic acids is 1. The highest BCUT2D eigenvalue weighted by atomic mass is 35.5. The molecule has 1 amide bonds. The maximum Gasteiger partial charge on any atom is 0.253 e. The molecule has 1 aromatic rings. The van der Waals surface area contributed by atoms with Crippen LogP contribution in [-0.4, -0.2) is 56.3 Å². The normalized spacial score (nSPS) is 21.4. The number of rotatable bonds is 5. The van der Waals surface area contributed by atoms with Crippen molar-refractivity contribution in [1.29, 1.82) is 0 Å². The molecule has 1 atom stereocenters. The summed E-state index contributed by atoms with van der Waals surface area (Å²) in [5.74, 6) is 0.846. The molecule has 24 heavy (non-hydrogen) atoms. The predicted molar refractivity (Wildman–Crippen MR) is 96.1 cm³/mol. The van der Waals surface area contributed by atoms with Gasteiger partial charge in [0.1, 0.15) is 12.4 Å². The van der Waals surface area contributed by atoms with E-state index in [1.54, 1.807) is 0 Å². The van der Waals surface area contributed by atoms with Gasteiger partial charge in [0.15, 0.2) is 0 Å². The molecule has 0 saturated carbocycles. The molecule has 2 saturated heterocycles. The summed E-state index contributed by atoms with van der Waals surface area (Å²) in [7, 11) is 1.98. The van der Waals surface area contributed by atoms with Crippen molar-refractivity contribution in [2.45, 2.75) is 37.8 Å². The molecule has 0 aromatic heterocycles. The zero-order valence-electron chi connectivity index (χ0n) is 14.2. The van der Waals surface area contributed by atoms with Crippen LogP contribution in [-0.2, 0) is 4.74 Å². The van der Waals surface area contributed by atoms with Gasteiger partial charge in [0, 0.05) is 31.3 Å². The lowest BCUT2D eigenvalue weighted by molar-refractivity contribution is 0.0674. The Balaban J connectivity index is 0.00000208. The molecule has 134 valence electrons. The lowest BCUT2D eigenvalue weighted by Crippen LogP contribution is -2.43. The minimum absolute atomic E-state index is 0. The monoisotopic (exact) mass is 354 g/mol. The molecular formula is C18H27ClN2O3. The molecule has 5 nitrogen and oxygen atoms in total. The Morgan fingerprint density at radius 2 is 2.12 bits per heavy atom. The average molecular weight is 355 g/mol. The van der Waals surface area contributed by atoms with Crippen molar-refractivity contribution in [2.24, 2.45) is 0 Å². The molecule has 1 N–H and O–H groups in total. The van der Waals surface area contributed by atoms with Crippen LogP contribution in [0.25, 0.3) is 0 Å². The highest BCUT2D eigenvalue weighted by Crippen LogP contribution is 2.19. The van der Waals surface area contributed by atoms with Crippen LogP contribution in [0.5, 0.6) is 5.75 Å². The number of nitrogens with zero attached hydrogens (tertiary/aromatic N) is 1. The maximum absolute atomic E-state index is 12.6. The van der Waals surface area contributed by atoms with Crippen molar-refractivity contribution in [2.75, 3.05) is 33.4 Å². The van der Waals surface area contributed by atoms with Gasteiger partial charge in [-0.05, 0) is 50.9 Å². The van der Waals surface area contributed by atoms with Crippen LogP contribution in [0, 0.1) is 0 Å². The number of halogens is 1. The van der Waals surface area contributed by atoms with Crippen LogP contribution in [0.15, 0.2) is 24.3 Å². The Kier molecular flexibility index (Phi) is 7.34. The summed E-state index contributed by atoms with van der Waals surface area (Å²) in [5, 5.41) is 3.29. The molecule has 2 aliphatic heterocycles. The van der Waals surface area contributed by atoms with E-state index >= 15 is 0 Å². The standard InChI is InChI=1S/C18H26N2O3.ClH/c1-19-15-7-9-20(10-8-15)18(21)14-4-2-5-16(12-14)23-13-17-6-3-11-22-17;/h2,4-5,12,15,17,19H,3,6-11,13H2,1H3;1H. The molecule has 1 unspecified atom stereocenters. The summed E-state index contributed by atoms with van der Waals surface area (Å²) in [6.07, 6.45) is 4.37. The van der Waals surface area contributed by atoms with Crippen LogP contribution < -0.4 is 10.1 Å². The number of likely N-dealkylation sites (tertiary alicyclic amines) is 1. The number of hydrogen-bond acceptors (Lipinski definition) is 4. The minimum Gasteiger partial charge on any atom is -0.491 e. The van der Waals surface area contributed by atoms with Gasteiger partial charge >= 0.3 is 0 Å². The third-order valence-corrected chi connectivity index (χ3v) is 4.73. The van der Waals surface area contributed by atoms with Crippen molar-refractivity contribution in [3.05, 3.63) is 29.8 Å². The number of piperidine rings is 1. The zero-order chi connectivity index (χ0) is 16.1. The van der Waals surface area contributed by atoms with Crippen LogP contribution in [0.3, 0.4) is 0 Å². The van der Waals surface area contributed by atoms with Gasteiger partial charge in [-0.25, -0.2) is 0 Å². The number of carbonyl (C=O) groups is 1. The van der Waals surface area contributed by atoms with E-state index < -0.39 is 0 Å². The smallest absolute Gasteiger partial charge is 0.253 e. The fourth-order valence-electron chi connectivity index (χ4n) is 3.24. The van der Waals surface area contributed by atoms with Gasteiger partial charge in [-0.3, -0.25) is 4.79 Å². The van der Waals surface area contributed by atoms with E-state index in [-0.39, 0.29) is 24.4 Å². The summed E-state index contributed by atoms with van der Waals surface area (Å²) in [6, 6.07) is 8.03. The van der Waals surface area contributed by atoms with Gasteiger partial charge in [0.05, 0.1) is 6.10 Å². The number of nitrogens with one attached hydrogen (secondary N) is 1. The fraction of sp³-hybridized carbons (Fsp3) is 0.611. The summed E-state index contributed by atoms with van der Waals surface area (Å²) in [5.41, 5.74) is 0.706. The molecule has 1 aromatic carbocycles. The molecule has 3 rings (SSSR count). The van der Waals surface area contributed by atoms with Crippen LogP contribution in [0.1, 0.15) is 36.0 Å². The maximum atomic E-state index is 12.6. The van der Waals surface area contributed by atoms with Crippen LogP contribution in [0.4, 0.5) is 0 Å². The lowest BCUT2D eigenvalue weighted by atomic mass is 10.0. The van der Waals surface area contributed by atoms with Crippen molar-refractivity contribution >= 4 is 18.3 Å². The van der Waals surface area contributed by atoms with E-state index in [0.717, 1.165) is 51.1 Å². The third kappa shape index (κ3) is 4.85. The van der Waals surface area contributed by atoms with Crippen molar-refractivity contribution in [1.82, 2.24) is 10.2 Å². The first-order valence-electron chi connectivity index (χ1n) is 8.57. The van der Waals surface area contributed by atoms with Gasteiger partial charge in [-0.2, -0.15) is 0 Å². The lowest BCUT2D eigenvalue weighted by Gasteiger charge is -2.31. The van der Waals surface area contributed by atoms with E-state index in [1.807, 2.05) is 36.2 Å². The molecule has 0 aliphatic carbocycles. The van der Waals surface area contributed by atoms with E-state index in [1.165, 1.54) is 0 Å². The second-order valence-electron chi connectivity index (χ2n) is 6.33. The third-order valence-electron chi connectivity index (χ3n) is 4.73. The highest BCUT2D eigenvalue weighted by molar-refractivity contribution is 5.94. The zero-order valence-corrected chi connectivity index (χ0v) is 15.0. The van der Waals surface area contributed by atoms with Gasteiger partial charge in [0.25, 0.3) is 5.91 Å². The molecular weight excluding hydrogens is 328 g/mol. The first-order valence-corrected chi connectivity index (χ1v) is 8.57. The predicted octanol–water partition coefficient (Wildman–Crippen LogP) is 2.49. The van der Waals surface area contributed by atoms with E-state index in [9.17, 15) is 4.79 Å². The molecule has 2 fully saturated rings. The Morgan fingerprint density at radius 3 is 2.79 bits per heavy atom. The Hall–Kier alpha value is -1.30. The van der Waals surface area contributed by atoms with Gasteiger partial charge < -0.3 is 19.7 Å². The van der Waals surface area contributed by atoms with Crippen LogP contribution >= 0.6 is 12.4 Å². The number of benzene rings is 1. The number of ether oxygens (including phenoxy) is 2.